The van der Waals surface area contributed by atoms with Gasteiger partial charge in [-0.2, -0.15) is 0 Å². The monoisotopic (exact) mass is 243 g/mol. The van der Waals surface area contributed by atoms with Crippen LogP contribution in [0.15, 0.2) is 36.7 Å². The summed E-state index contributed by atoms with van der Waals surface area (Å²) in [7, 11) is 0. The smallest absolute Gasteiger partial charge is 0.225 e. The van der Waals surface area contributed by atoms with E-state index in [2.05, 4.69) is 21.8 Å². The summed E-state index contributed by atoms with van der Waals surface area (Å²) in [5.74, 6) is 0.574. The molecule has 1 aromatic carbocycles. The molecule has 4 heteroatoms. The van der Waals surface area contributed by atoms with E-state index in [4.69, 9.17) is 0 Å². The molecular formula is C14H14FN3. The van der Waals surface area contributed by atoms with Crippen LogP contribution in [0.3, 0.4) is 0 Å². The van der Waals surface area contributed by atoms with E-state index < -0.39 is 0 Å². The summed E-state index contributed by atoms with van der Waals surface area (Å²) in [6, 6.07) is 7.00. The maximum Gasteiger partial charge on any atom is 0.225 e. The minimum absolute atomic E-state index is 0.162. The van der Waals surface area contributed by atoms with Crippen LogP contribution in [0.4, 0.5) is 10.3 Å². The van der Waals surface area contributed by atoms with Crippen molar-refractivity contribution in [3.05, 3.63) is 53.6 Å². The van der Waals surface area contributed by atoms with E-state index in [0.717, 1.165) is 30.0 Å². The molecule has 0 radical (unpaired) electrons. The van der Waals surface area contributed by atoms with E-state index in [9.17, 15) is 4.39 Å². The molecule has 2 aromatic rings. The van der Waals surface area contributed by atoms with Gasteiger partial charge in [0.15, 0.2) is 0 Å². The Morgan fingerprint density at radius 1 is 1.28 bits per heavy atom. The lowest BCUT2D eigenvalue weighted by Crippen LogP contribution is -2.35. The zero-order valence-corrected chi connectivity index (χ0v) is 10.2. The van der Waals surface area contributed by atoms with Gasteiger partial charge in [-0.15, -0.1) is 0 Å². The topological polar surface area (TPSA) is 29.0 Å². The fourth-order valence-corrected chi connectivity index (χ4v) is 2.51. The molecule has 18 heavy (non-hydrogen) atoms. The predicted molar refractivity (Wildman–Crippen MR) is 67.9 cm³/mol. The third kappa shape index (κ3) is 1.83. The Labute approximate surface area is 105 Å². The molecule has 0 N–H and O–H groups in total. The lowest BCUT2D eigenvalue weighted by atomic mass is 9.94. The predicted octanol–water partition coefficient (Wildman–Crippen LogP) is 2.74. The van der Waals surface area contributed by atoms with Gasteiger partial charge >= 0.3 is 0 Å². The van der Waals surface area contributed by atoms with E-state index in [0.29, 0.717) is 0 Å². The highest BCUT2D eigenvalue weighted by atomic mass is 19.1. The fraction of sp³-hybridized carbons (Fsp3) is 0.286. The minimum atomic E-state index is -0.162. The highest BCUT2D eigenvalue weighted by molar-refractivity contribution is 5.43. The van der Waals surface area contributed by atoms with Crippen molar-refractivity contribution in [2.45, 2.75) is 19.4 Å². The number of nitrogens with zero attached hydrogens (tertiary/aromatic N) is 3. The van der Waals surface area contributed by atoms with Crippen molar-refractivity contribution in [3.8, 4) is 0 Å². The summed E-state index contributed by atoms with van der Waals surface area (Å²) < 4.78 is 13.2. The van der Waals surface area contributed by atoms with Crippen molar-refractivity contribution in [1.82, 2.24) is 9.97 Å². The van der Waals surface area contributed by atoms with Gasteiger partial charge in [0.05, 0.1) is 6.04 Å². The van der Waals surface area contributed by atoms with Crippen molar-refractivity contribution in [3.63, 3.8) is 0 Å². The van der Waals surface area contributed by atoms with Gasteiger partial charge in [-0.05, 0) is 42.7 Å². The molecule has 3 nitrogen and oxygen atoms in total. The van der Waals surface area contributed by atoms with Crippen LogP contribution >= 0.6 is 0 Å². The first-order valence-corrected chi connectivity index (χ1v) is 6.07. The van der Waals surface area contributed by atoms with Crippen molar-refractivity contribution in [2.24, 2.45) is 0 Å². The Morgan fingerprint density at radius 3 is 2.83 bits per heavy atom. The Balaban J connectivity index is 1.97. The molecule has 1 aromatic heterocycles. The second-order valence-corrected chi connectivity index (χ2v) is 4.51. The zero-order valence-electron chi connectivity index (χ0n) is 10.2. The van der Waals surface area contributed by atoms with Crippen LogP contribution in [0, 0.1) is 5.82 Å². The van der Waals surface area contributed by atoms with Crippen molar-refractivity contribution in [2.75, 3.05) is 11.4 Å². The summed E-state index contributed by atoms with van der Waals surface area (Å²) in [5, 5.41) is 0. The van der Waals surface area contributed by atoms with Crippen molar-refractivity contribution in [1.29, 1.82) is 0 Å². The molecule has 3 rings (SSSR count). The zero-order chi connectivity index (χ0) is 12.5. The van der Waals surface area contributed by atoms with Gasteiger partial charge in [-0.25, -0.2) is 14.4 Å². The minimum Gasteiger partial charge on any atom is -0.334 e. The van der Waals surface area contributed by atoms with E-state index in [1.54, 1.807) is 24.5 Å². The molecule has 0 fully saturated rings. The molecule has 0 saturated heterocycles. The average Bonchev–Trinajstić information content (AvgIpc) is 2.40. The van der Waals surface area contributed by atoms with Gasteiger partial charge in [0.25, 0.3) is 0 Å². The first-order valence-electron chi connectivity index (χ1n) is 6.07. The first kappa shape index (κ1) is 11.1. The quantitative estimate of drug-likeness (QED) is 0.771. The molecule has 1 aliphatic heterocycles. The van der Waals surface area contributed by atoms with E-state index >= 15 is 0 Å². The Kier molecular flexibility index (Phi) is 2.70. The van der Waals surface area contributed by atoms with Gasteiger partial charge in [0.1, 0.15) is 5.82 Å². The number of halogens is 1. The highest BCUT2D eigenvalue weighted by Crippen LogP contribution is 2.31. The Bertz CT molecular complexity index is 556. The SMILES string of the molecule is CC1c2ccc(F)cc2CCN1c1ncccn1. The number of benzene rings is 1. The summed E-state index contributed by atoms with van der Waals surface area (Å²) in [6.07, 6.45) is 4.32. The summed E-state index contributed by atoms with van der Waals surface area (Å²) >= 11 is 0. The van der Waals surface area contributed by atoms with Gasteiger partial charge < -0.3 is 4.90 Å². The number of hydrogen-bond acceptors (Lipinski definition) is 3. The summed E-state index contributed by atoms with van der Waals surface area (Å²) in [6.45, 7) is 2.92. The maximum atomic E-state index is 13.2. The number of rotatable bonds is 1. The molecule has 92 valence electrons. The van der Waals surface area contributed by atoms with Crippen LogP contribution in [0.2, 0.25) is 0 Å². The van der Waals surface area contributed by atoms with Crippen LogP contribution in [-0.4, -0.2) is 16.5 Å². The number of aromatic nitrogens is 2. The second kappa shape index (κ2) is 4.37. The van der Waals surface area contributed by atoms with E-state index in [1.807, 2.05) is 6.07 Å². The standard InChI is InChI=1S/C14H14FN3/c1-10-13-4-3-12(15)9-11(13)5-8-18(10)14-16-6-2-7-17-14/h2-4,6-7,9-10H,5,8H2,1H3. The molecule has 2 heterocycles. The second-order valence-electron chi connectivity index (χ2n) is 4.51. The molecule has 0 aliphatic carbocycles. The molecule has 0 saturated carbocycles. The fourth-order valence-electron chi connectivity index (χ4n) is 2.51. The third-order valence-electron chi connectivity index (χ3n) is 3.45. The first-order chi connectivity index (χ1) is 8.75. The lowest BCUT2D eigenvalue weighted by Gasteiger charge is -2.35. The number of anilines is 1. The molecular weight excluding hydrogens is 229 g/mol. The largest absolute Gasteiger partial charge is 0.334 e. The van der Waals surface area contributed by atoms with Gasteiger partial charge in [-0.3, -0.25) is 0 Å². The molecule has 0 bridgehead atoms. The average molecular weight is 243 g/mol. The van der Waals surface area contributed by atoms with Crippen LogP contribution in [0.25, 0.3) is 0 Å². The number of fused-ring (bicyclic) bond motifs is 1. The van der Waals surface area contributed by atoms with Crippen LogP contribution in [0.5, 0.6) is 0 Å². The van der Waals surface area contributed by atoms with E-state index in [1.165, 1.54) is 6.07 Å². The van der Waals surface area contributed by atoms with Gasteiger partial charge in [-0.1, -0.05) is 6.07 Å². The van der Waals surface area contributed by atoms with Crippen LogP contribution < -0.4 is 4.90 Å². The van der Waals surface area contributed by atoms with Gasteiger partial charge in [0.2, 0.25) is 5.95 Å². The highest BCUT2D eigenvalue weighted by Gasteiger charge is 2.25. The summed E-state index contributed by atoms with van der Waals surface area (Å²) in [4.78, 5) is 10.7. The van der Waals surface area contributed by atoms with Crippen LogP contribution in [-0.2, 0) is 6.42 Å². The molecule has 0 spiro atoms. The molecule has 0 amide bonds. The van der Waals surface area contributed by atoms with Crippen LogP contribution in [0.1, 0.15) is 24.1 Å². The molecule has 1 unspecified atom stereocenters. The Morgan fingerprint density at radius 2 is 2.06 bits per heavy atom. The number of hydrogen-bond donors (Lipinski definition) is 0. The van der Waals surface area contributed by atoms with E-state index in [-0.39, 0.29) is 11.9 Å². The molecule has 1 aliphatic rings. The maximum absolute atomic E-state index is 13.2. The van der Waals surface area contributed by atoms with Crippen molar-refractivity contribution >= 4 is 5.95 Å². The normalized spacial score (nSPS) is 18.6. The van der Waals surface area contributed by atoms with Gasteiger partial charge in [0, 0.05) is 18.9 Å². The third-order valence-corrected chi connectivity index (χ3v) is 3.45. The molecule has 1 atom stereocenters. The Hall–Kier alpha value is -1.97. The summed E-state index contributed by atoms with van der Waals surface area (Å²) in [5.41, 5.74) is 2.25. The van der Waals surface area contributed by atoms with Crippen molar-refractivity contribution < 1.29 is 4.39 Å². The lowest BCUT2D eigenvalue weighted by molar-refractivity contribution is 0.589.